The zero-order valence-corrected chi connectivity index (χ0v) is 21.7. The van der Waals surface area contributed by atoms with E-state index in [0.717, 1.165) is 59.5 Å². The molecule has 1 N–H and O–H groups in total. The number of hydrogen-bond acceptors (Lipinski definition) is 4. The maximum Gasteiger partial charge on any atom is 0.244 e. The van der Waals surface area contributed by atoms with Gasteiger partial charge in [0.2, 0.25) is 21.8 Å². The van der Waals surface area contributed by atoms with Crippen LogP contribution < -0.4 is 9.62 Å². The molecule has 1 saturated carbocycles. The highest BCUT2D eigenvalue weighted by molar-refractivity contribution is 7.92. The summed E-state index contributed by atoms with van der Waals surface area (Å²) < 4.78 is 39.6. The average Bonchev–Trinajstić information content (AvgIpc) is 3.30. The molecule has 0 heterocycles. The van der Waals surface area contributed by atoms with Gasteiger partial charge in [0, 0.05) is 12.6 Å². The average molecular weight is 524 g/mol. The Morgan fingerprint density at radius 1 is 1.14 bits per heavy atom. The number of nitrogens with zero attached hydrogens (tertiary/aromatic N) is 2. The molecule has 0 saturated heterocycles. The molecule has 0 radical (unpaired) electrons. The third-order valence-electron chi connectivity index (χ3n) is 6.21. The predicted octanol–water partition coefficient (Wildman–Crippen LogP) is 4.03. The first-order valence-corrected chi connectivity index (χ1v) is 13.8. The Morgan fingerprint density at radius 2 is 1.77 bits per heavy atom. The largest absolute Gasteiger partial charge is 0.352 e. The first kappa shape index (κ1) is 26.9. The molecule has 190 valence electrons. The lowest BCUT2D eigenvalue weighted by Crippen LogP contribution is -2.52. The summed E-state index contributed by atoms with van der Waals surface area (Å²) in [6, 6.07) is 10.2. The maximum atomic E-state index is 13.7. The van der Waals surface area contributed by atoms with E-state index in [1.54, 1.807) is 6.92 Å². The van der Waals surface area contributed by atoms with E-state index in [1.807, 2.05) is 31.2 Å². The fourth-order valence-electron chi connectivity index (χ4n) is 4.12. The molecular weight excluding hydrogens is 493 g/mol. The van der Waals surface area contributed by atoms with Crippen LogP contribution >= 0.6 is 11.6 Å². The molecule has 1 fully saturated rings. The minimum absolute atomic E-state index is 0.0607. The van der Waals surface area contributed by atoms with Crippen LogP contribution in [-0.2, 0) is 26.2 Å². The summed E-state index contributed by atoms with van der Waals surface area (Å²) in [4.78, 5) is 27.9. The first-order chi connectivity index (χ1) is 16.5. The lowest BCUT2D eigenvalue weighted by molar-refractivity contribution is -0.139. The van der Waals surface area contributed by atoms with Gasteiger partial charge in [-0.3, -0.25) is 13.9 Å². The van der Waals surface area contributed by atoms with Gasteiger partial charge in [-0.2, -0.15) is 0 Å². The van der Waals surface area contributed by atoms with Gasteiger partial charge in [0.05, 0.1) is 17.0 Å². The molecule has 0 bridgehead atoms. The van der Waals surface area contributed by atoms with Crippen LogP contribution in [0.5, 0.6) is 0 Å². The van der Waals surface area contributed by atoms with E-state index in [9.17, 15) is 22.4 Å². The minimum atomic E-state index is -3.92. The van der Waals surface area contributed by atoms with Crippen molar-refractivity contribution >= 4 is 39.1 Å². The van der Waals surface area contributed by atoms with Crippen LogP contribution in [0.2, 0.25) is 5.02 Å². The van der Waals surface area contributed by atoms with Gasteiger partial charge in [0.1, 0.15) is 18.4 Å². The molecule has 2 amide bonds. The Morgan fingerprint density at radius 3 is 2.34 bits per heavy atom. The molecule has 3 rings (SSSR count). The normalized spacial score (nSPS) is 15.0. The fraction of sp³-hybridized carbons (Fsp3) is 0.440. The summed E-state index contributed by atoms with van der Waals surface area (Å²) in [6.07, 6.45) is 4.86. The quantitative estimate of drug-likeness (QED) is 0.537. The Hall–Kier alpha value is -2.65. The predicted molar refractivity (Wildman–Crippen MR) is 135 cm³/mol. The van der Waals surface area contributed by atoms with E-state index >= 15 is 0 Å². The van der Waals surface area contributed by atoms with Crippen molar-refractivity contribution in [1.82, 2.24) is 10.2 Å². The lowest BCUT2D eigenvalue weighted by Gasteiger charge is -2.32. The molecule has 0 aromatic heterocycles. The summed E-state index contributed by atoms with van der Waals surface area (Å²) in [6.45, 7) is 3.14. The molecule has 7 nitrogen and oxygen atoms in total. The number of halogens is 2. The molecule has 1 atom stereocenters. The van der Waals surface area contributed by atoms with Gasteiger partial charge in [-0.25, -0.2) is 12.8 Å². The number of carbonyl (C=O) groups excluding carboxylic acids is 2. The van der Waals surface area contributed by atoms with Crippen molar-refractivity contribution in [2.24, 2.45) is 0 Å². The second-order valence-corrected chi connectivity index (χ2v) is 11.4. The Labute approximate surface area is 211 Å². The Bertz CT molecular complexity index is 1170. The molecule has 1 aliphatic rings. The van der Waals surface area contributed by atoms with Gasteiger partial charge in [0.15, 0.2) is 0 Å². The van der Waals surface area contributed by atoms with Crippen molar-refractivity contribution in [2.75, 3.05) is 17.1 Å². The zero-order chi connectivity index (χ0) is 25.8. The second kappa shape index (κ2) is 11.4. The van der Waals surface area contributed by atoms with Crippen LogP contribution in [-0.4, -0.2) is 50.0 Å². The van der Waals surface area contributed by atoms with Crippen molar-refractivity contribution in [3.05, 3.63) is 64.4 Å². The zero-order valence-electron chi connectivity index (χ0n) is 20.1. The van der Waals surface area contributed by atoms with E-state index in [0.29, 0.717) is 0 Å². The summed E-state index contributed by atoms with van der Waals surface area (Å²) >= 11 is 5.86. The third kappa shape index (κ3) is 7.18. The van der Waals surface area contributed by atoms with Crippen LogP contribution in [0.1, 0.15) is 43.7 Å². The van der Waals surface area contributed by atoms with E-state index in [1.165, 1.54) is 11.0 Å². The fourth-order valence-corrected chi connectivity index (χ4v) is 5.13. The van der Waals surface area contributed by atoms with E-state index in [4.69, 9.17) is 11.6 Å². The van der Waals surface area contributed by atoms with E-state index < -0.39 is 34.3 Å². The Kier molecular flexibility index (Phi) is 8.77. The monoisotopic (exact) mass is 523 g/mol. The number of nitrogens with one attached hydrogen (secondary N) is 1. The SMILES string of the molecule is Cc1ccc(CN(C(=O)CN(c2ccc(F)c(Cl)c2)S(C)(=O)=O)[C@@H](C)C(=O)NC2CCCC2)cc1. The second-order valence-electron chi connectivity index (χ2n) is 9.04. The molecule has 1 aliphatic carbocycles. The molecule has 0 unspecified atom stereocenters. The Balaban J connectivity index is 1.88. The van der Waals surface area contributed by atoms with Crippen molar-refractivity contribution in [1.29, 1.82) is 0 Å². The van der Waals surface area contributed by atoms with Crippen molar-refractivity contribution in [2.45, 2.75) is 58.2 Å². The summed E-state index contributed by atoms with van der Waals surface area (Å²) in [5.74, 6) is -1.55. The summed E-state index contributed by atoms with van der Waals surface area (Å²) in [5, 5.41) is 2.75. The number of anilines is 1. The maximum absolute atomic E-state index is 13.7. The highest BCUT2D eigenvalue weighted by Gasteiger charge is 2.31. The third-order valence-corrected chi connectivity index (χ3v) is 7.64. The van der Waals surface area contributed by atoms with Crippen molar-refractivity contribution < 1.29 is 22.4 Å². The van der Waals surface area contributed by atoms with Gasteiger partial charge in [-0.05, 0) is 50.5 Å². The van der Waals surface area contributed by atoms with Crippen molar-refractivity contribution in [3.8, 4) is 0 Å². The highest BCUT2D eigenvalue weighted by atomic mass is 35.5. The van der Waals surface area contributed by atoms with Crippen LogP contribution in [0, 0.1) is 12.7 Å². The number of amides is 2. The first-order valence-electron chi connectivity index (χ1n) is 11.5. The lowest BCUT2D eigenvalue weighted by atomic mass is 10.1. The number of benzene rings is 2. The van der Waals surface area contributed by atoms with Gasteiger partial charge in [-0.1, -0.05) is 54.3 Å². The standard InChI is InChI=1S/C25H31ClFN3O4S/c1-17-8-10-19(11-9-17)15-29(18(2)25(32)28-20-6-4-5-7-20)24(31)16-30(35(3,33)34)21-12-13-23(27)22(26)14-21/h8-14,18,20H,4-7,15-16H2,1-3H3,(H,28,32)/t18-/m0/s1. The molecule has 2 aromatic rings. The van der Waals surface area contributed by atoms with Crippen LogP contribution in [0.15, 0.2) is 42.5 Å². The van der Waals surface area contributed by atoms with Gasteiger partial charge in [0.25, 0.3) is 0 Å². The van der Waals surface area contributed by atoms with Crippen LogP contribution in [0.4, 0.5) is 10.1 Å². The van der Waals surface area contributed by atoms with Gasteiger partial charge >= 0.3 is 0 Å². The molecule has 35 heavy (non-hydrogen) atoms. The minimum Gasteiger partial charge on any atom is -0.352 e. The molecule has 10 heteroatoms. The van der Waals surface area contributed by atoms with E-state index in [2.05, 4.69) is 5.32 Å². The number of hydrogen-bond donors (Lipinski definition) is 1. The number of carbonyl (C=O) groups is 2. The van der Waals surface area contributed by atoms with Crippen molar-refractivity contribution in [3.63, 3.8) is 0 Å². The van der Waals surface area contributed by atoms with Crippen LogP contribution in [0.3, 0.4) is 0 Å². The van der Waals surface area contributed by atoms with E-state index in [-0.39, 0.29) is 29.2 Å². The summed E-state index contributed by atoms with van der Waals surface area (Å²) in [5.41, 5.74) is 1.92. The van der Waals surface area contributed by atoms with Gasteiger partial charge < -0.3 is 10.2 Å². The topological polar surface area (TPSA) is 86.8 Å². The van der Waals surface area contributed by atoms with Crippen LogP contribution in [0.25, 0.3) is 0 Å². The smallest absolute Gasteiger partial charge is 0.244 e. The number of sulfonamides is 1. The molecule has 0 aliphatic heterocycles. The highest BCUT2D eigenvalue weighted by Crippen LogP contribution is 2.25. The number of aryl methyl sites for hydroxylation is 1. The molecule has 2 aromatic carbocycles. The van der Waals surface area contributed by atoms with Gasteiger partial charge in [-0.15, -0.1) is 0 Å². The number of rotatable bonds is 9. The summed E-state index contributed by atoms with van der Waals surface area (Å²) in [7, 11) is -3.92. The molecular formula is C25H31ClFN3O4S. The molecule has 0 spiro atoms.